The summed E-state index contributed by atoms with van der Waals surface area (Å²) in [5.41, 5.74) is 0.958. The van der Waals surface area contributed by atoms with Crippen LogP contribution in [0.15, 0.2) is 30.7 Å². The van der Waals surface area contributed by atoms with Crippen LogP contribution in [0.3, 0.4) is 0 Å². The number of aromatic nitrogens is 3. The molecular formula is C24H32N8O3. The second-order valence-electron chi connectivity index (χ2n) is 10.6. The van der Waals surface area contributed by atoms with Gasteiger partial charge in [-0.15, -0.1) is 0 Å². The maximum Gasteiger partial charge on any atom is 0.407 e. The van der Waals surface area contributed by atoms with Crippen LogP contribution in [0.4, 0.5) is 32.7 Å². The van der Waals surface area contributed by atoms with Crippen LogP contribution in [0.2, 0.25) is 0 Å². The highest BCUT2D eigenvalue weighted by atomic mass is 16.4. The van der Waals surface area contributed by atoms with Crippen LogP contribution in [0.5, 0.6) is 0 Å². The fraction of sp³-hybridized carbons (Fsp3) is 0.542. The number of rotatable bonds is 3. The van der Waals surface area contributed by atoms with Crippen LogP contribution in [-0.2, 0) is 0 Å². The van der Waals surface area contributed by atoms with Crippen molar-refractivity contribution in [1.29, 1.82) is 0 Å². The first kappa shape index (κ1) is 23.1. The van der Waals surface area contributed by atoms with Gasteiger partial charge in [-0.05, 0) is 30.4 Å². The Labute approximate surface area is 204 Å². The van der Waals surface area contributed by atoms with Crippen molar-refractivity contribution in [1.82, 2.24) is 19.9 Å². The molecule has 0 aromatic carbocycles. The average molecular weight is 481 g/mol. The molecule has 186 valence electrons. The largest absolute Gasteiger partial charge is 0.465 e. The summed E-state index contributed by atoms with van der Waals surface area (Å²) in [4.78, 5) is 46.0. The van der Waals surface area contributed by atoms with Gasteiger partial charge in [-0.1, -0.05) is 20.8 Å². The molecule has 0 aliphatic carbocycles. The Hall–Kier alpha value is -3.63. The van der Waals surface area contributed by atoms with E-state index in [0.717, 1.165) is 37.4 Å². The SMILES string of the molecule is CC(C)(C)CC1CN(C(=O)O)CCN1c1ccc2c(n1)N(C(=O)Nc1cnccn1)[C@H]1CCN2C1. The zero-order valence-electron chi connectivity index (χ0n) is 20.4. The molecule has 2 fully saturated rings. The summed E-state index contributed by atoms with van der Waals surface area (Å²) in [5.74, 6) is 1.79. The van der Waals surface area contributed by atoms with Crippen molar-refractivity contribution >= 4 is 35.3 Å². The summed E-state index contributed by atoms with van der Waals surface area (Å²) in [6.07, 6.45) is 5.42. The monoisotopic (exact) mass is 480 g/mol. The molecule has 2 saturated heterocycles. The number of hydrogen-bond donors (Lipinski definition) is 2. The second-order valence-corrected chi connectivity index (χ2v) is 10.6. The van der Waals surface area contributed by atoms with Crippen LogP contribution in [0.25, 0.3) is 0 Å². The van der Waals surface area contributed by atoms with Crippen molar-refractivity contribution in [2.24, 2.45) is 5.41 Å². The number of amides is 3. The minimum Gasteiger partial charge on any atom is -0.465 e. The molecule has 0 spiro atoms. The summed E-state index contributed by atoms with van der Waals surface area (Å²) in [7, 11) is 0. The number of carbonyl (C=O) groups is 2. The van der Waals surface area contributed by atoms with Gasteiger partial charge in [0.15, 0.2) is 11.6 Å². The van der Waals surface area contributed by atoms with Crippen LogP contribution in [0, 0.1) is 5.41 Å². The molecule has 1 unspecified atom stereocenters. The fourth-order valence-electron chi connectivity index (χ4n) is 5.37. The maximum absolute atomic E-state index is 13.4. The highest BCUT2D eigenvalue weighted by molar-refractivity contribution is 6.04. The molecule has 0 saturated carbocycles. The van der Waals surface area contributed by atoms with Crippen molar-refractivity contribution < 1.29 is 14.7 Å². The molecule has 3 amide bonds. The molecule has 3 aliphatic heterocycles. The minimum absolute atomic E-state index is 0.00658. The summed E-state index contributed by atoms with van der Waals surface area (Å²) in [6.45, 7) is 9.52. The molecule has 2 aromatic heterocycles. The van der Waals surface area contributed by atoms with E-state index < -0.39 is 6.09 Å². The van der Waals surface area contributed by atoms with E-state index in [4.69, 9.17) is 4.98 Å². The standard InChI is InChI=1S/C24H32N8O3/c1-24(2,3)12-17-15-30(23(34)35)10-11-31(17)20-5-4-18-21(28-20)32(16-6-9-29(18)14-16)22(33)27-19-13-25-7-8-26-19/h4-5,7-8,13,16-17H,6,9-12,14-15H2,1-3H3,(H,34,35)(H,26,27,33)/t16-,17?/m0/s1. The molecule has 5 heterocycles. The second kappa shape index (κ2) is 8.86. The van der Waals surface area contributed by atoms with Crippen LogP contribution >= 0.6 is 0 Å². The van der Waals surface area contributed by atoms with Gasteiger partial charge in [0, 0.05) is 51.2 Å². The Balaban J connectivity index is 1.47. The Morgan fingerprint density at radius 2 is 1.97 bits per heavy atom. The predicted octanol–water partition coefficient (Wildman–Crippen LogP) is 3.11. The van der Waals surface area contributed by atoms with Gasteiger partial charge in [0.25, 0.3) is 0 Å². The number of carboxylic acid groups (broad SMARTS) is 1. The Bertz CT molecular complexity index is 1110. The Kier molecular flexibility index (Phi) is 5.86. The molecule has 2 bridgehead atoms. The number of nitrogens with zero attached hydrogens (tertiary/aromatic N) is 7. The lowest BCUT2D eigenvalue weighted by molar-refractivity contribution is 0.128. The number of piperazine rings is 1. The number of pyridine rings is 1. The summed E-state index contributed by atoms with van der Waals surface area (Å²) in [6, 6.07) is 3.79. The van der Waals surface area contributed by atoms with Crippen molar-refractivity contribution in [2.45, 2.75) is 45.7 Å². The molecule has 5 rings (SSSR count). The first-order chi connectivity index (χ1) is 16.7. The van der Waals surface area contributed by atoms with Crippen LogP contribution in [-0.4, -0.2) is 81.9 Å². The van der Waals surface area contributed by atoms with Crippen LogP contribution in [0.1, 0.15) is 33.6 Å². The molecule has 11 heteroatoms. The van der Waals surface area contributed by atoms with Gasteiger partial charge < -0.3 is 19.8 Å². The number of anilines is 4. The highest BCUT2D eigenvalue weighted by Crippen LogP contribution is 2.41. The van der Waals surface area contributed by atoms with E-state index in [0.29, 0.717) is 31.3 Å². The first-order valence-corrected chi connectivity index (χ1v) is 12.1. The zero-order valence-corrected chi connectivity index (χ0v) is 20.4. The fourth-order valence-corrected chi connectivity index (χ4v) is 5.37. The smallest absolute Gasteiger partial charge is 0.407 e. The van der Waals surface area contributed by atoms with E-state index in [2.05, 4.69) is 45.9 Å². The van der Waals surface area contributed by atoms with Gasteiger partial charge in [-0.2, -0.15) is 0 Å². The van der Waals surface area contributed by atoms with E-state index >= 15 is 0 Å². The van der Waals surface area contributed by atoms with Gasteiger partial charge in [0.1, 0.15) is 5.82 Å². The zero-order chi connectivity index (χ0) is 24.7. The molecule has 0 radical (unpaired) electrons. The van der Waals surface area contributed by atoms with E-state index in [-0.39, 0.29) is 23.5 Å². The molecule has 11 nitrogen and oxygen atoms in total. The summed E-state index contributed by atoms with van der Waals surface area (Å²) < 4.78 is 0. The molecular weight excluding hydrogens is 448 g/mol. The third kappa shape index (κ3) is 4.67. The van der Waals surface area contributed by atoms with E-state index in [1.807, 2.05) is 12.1 Å². The van der Waals surface area contributed by atoms with Gasteiger partial charge >= 0.3 is 12.1 Å². The third-order valence-electron chi connectivity index (χ3n) is 6.85. The summed E-state index contributed by atoms with van der Waals surface area (Å²) in [5, 5.41) is 12.4. The van der Waals surface area contributed by atoms with Gasteiger partial charge in [-0.25, -0.2) is 19.6 Å². The average Bonchev–Trinajstić information content (AvgIpc) is 3.22. The van der Waals surface area contributed by atoms with Crippen molar-refractivity contribution in [3.8, 4) is 0 Å². The Morgan fingerprint density at radius 3 is 2.69 bits per heavy atom. The van der Waals surface area contributed by atoms with E-state index in [1.165, 1.54) is 11.1 Å². The molecule has 2 aromatic rings. The lowest BCUT2D eigenvalue weighted by Crippen LogP contribution is -2.56. The van der Waals surface area contributed by atoms with Crippen LogP contribution < -0.4 is 20.0 Å². The maximum atomic E-state index is 13.4. The quantitative estimate of drug-likeness (QED) is 0.688. The lowest BCUT2D eigenvalue weighted by atomic mass is 9.86. The van der Waals surface area contributed by atoms with E-state index in [1.54, 1.807) is 17.3 Å². The number of nitrogens with one attached hydrogen (secondary N) is 1. The number of fused-ring (bicyclic) bond motifs is 4. The van der Waals surface area contributed by atoms with Crippen molar-refractivity contribution in [3.63, 3.8) is 0 Å². The lowest BCUT2D eigenvalue weighted by Gasteiger charge is -2.44. The number of hydrogen-bond acceptors (Lipinski definition) is 7. The highest BCUT2D eigenvalue weighted by Gasteiger charge is 2.41. The number of urea groups is 1. The Morgan fingerprint density at radius 1 is 1.14 bits per heavy atom. The van der Waals surface area contributed by atoms with Gasteiger partial charge in [-0.3, -0.25) is 15.2 Å². The predicted molar refractivity (Wildman–Crippen MR) is 133 cm³/mol. The van der Waals surface area contributed by atoms with E-state index in [9.17, 15) is 14.7 Å². The molecule has 3 aliphatic rings. The minimum atomic E-state index is -0.891. The molecule has 2 atom stereocenters. The van der Waals surface area contributed by atoms with Crippen molar-refractivity contribution in [2.75, 3.05) is 52.7 Å². The first-order valence-electron chi connectivity index (χ1n) is 12.1. The molecule has 35 heavy (non-hydrogen) atoms. The molecule has 2 N–H and O–H groups in total. The number of carbonyl (C=O) groups excluding carboxylic acids is 1. The van der Waals surface area contributed by atoms with Crippen molar-refractivity contribution in [3.05, 3.63) is 30.7 Å². The third-order valence-corrected chi connectivity index (χ3v) is 6.85. The van der Waals surface area contributed by atoms with Gasteiger partial charge in [0.05, 0.1) is 17.9 Å². The topological polar surface area (TPSA) is 118 Å². The van der Waals surface area contributed by atoms with Gasteiger partial charge in [0.2, 0.25) is 0 Å². The normalized spacial score (nSPS) is 21.7. The summed E-state index contributed by atoms with van der Waals surface area (Å²) >= 11 is 0.